The summed E-state index contributed by atoms with van der Waals surface area (Å²) in [6.07, 6.45) is 2.79. The van der Waals surface area contributed by atoms with Crippen LogP contribution in [0.3, 0.4) is 0 Å². The molecule has 0 aromatic carbocycles. The van der Waals surface area contributed by atoms with Crippen molar-refractivity contribution in [1.82, 2.24) is 5.32 Å². The average molecular weight is 229 g/mol. The van der Waals surface area contributed by atoms with Gasteiger partial charge >= 0.3 is 5.97 Å². The van der Waals surface area contributed by atoms with E-state index in [1.165, 1.54) is 20.0 Å². The molecule has 0 aromatic heterocycles. The number of carbonyl (C=O) groups is 1. The predicted molar refractivity (Wildman–Crippen MR) is 67.3 cm³/mol. The Morgan fingerprint density at radius 1 is 1.12 bits per heavy atom. The molecule has 0 fully saturated rings. The van der Waals surface area contributed by atoms with Crippen molar-refractivity contribution in [2.75, 3.05) is 13.7 Å². The summed E-state index contributed by atoms with van der Waals surface area (Å²) < 4.78 is 4.62. The fraction of sp³-hybridized carbons (Fsp3) is 0.923. The van der Waals surface area contributed by atoms with Gasteiger partial charge in [-0.25, -0.2) is 0 Å². The van der Waals surface area contributed by atoms with Crippen LogP contribution in [0.4, 0.5) is 0 Å². The molecule has 0 unspecified atom stereocenters. The van der Waals surface area contributed by atoms with Crippen LogP contribution < -0.4 is 5.32 Å². The molecule has 0 aliphatic carbocycles. The van der Waals surface area contributed by atoms with Crippen LogP contribution in [0, 0.1) is 11.8 Å². The molecule has 16 heavy (non-hydrogen) atoms. The van der Waals surface area contributed by atoms with Gasteiger partial charge in [0.2, 0.25) is 0 Å². The highest BCUT2D eigenvalue weighted by atomic mass is 16.5. The van der Waals surface area contributed by atoms with E-state index in [0.717, 1.165) is 6.54 Å². The van der Waals surface area contributed by atoms with Crippen LogP contribution in [0.15, 0.2) is 0 Å². The zero-order valence-corrected chi connectivity index (χ0v) is 11.4. The third kappa shape index (κ3) is 8.72. The topological polar surface area (TPSA) is 38.3 Å². The van der Waals surface area contributed by atoms with Crippen LogP contribution in [-0.2, 0) is 9.53 Å². The number of carbonyl (C=O) groups excluding carboxylic acids is 1. The second-order valence-electron chi connectivity index (χ2n) is 5.24. The van der Waals surface area contributed by atoms with Crippen molar-refractivity contribution in [2.45, 2.75) is 53.0 Å². The summed E-state index contributed by atoms with van der Waals surface area (Å²) in [5, 5.41) is 3.45. The van der Waals surface area contributed by atoms with E-state index < -0.39 is 0 Å². The SMILES string of the molecule is COC(=O)CCNC(CC(C)C)CC(C)C. The standard InChI is InChI=1S/C13H27NO2/c1-10(2)8-12(9-11(3)4)14-7-6-13(15)16-5/h10-12,14H,6-9H2,1-5H3. The molecule has 0 amide bonds. The Labute approximate surface area is 99.9 Å². The highest BCUT2D eigenvalue weighted by Crippen LogP contribution is 2.13. The monoisotopic (exact) mass is 229 g/mol. The van der Waals surface area contributed by atoms with Gasteiger partial charge in [-0.1, -0.05) is 27.7 Å². The maximum Gasteiger partial charge on any atom is 0.306 e. The number of esters is 1. The second-order valence-corrected chi connectivity index (χ2v) is 5.24. The Bertz CT molecular complexity index is 180. The summed E-state index contributed by atoms with van der Waals surface area (Å²) in [6, 6.07) is 0.518. The van der Waals surface area contributed by atoms with Crippen molar-refractivity contribution >= 4 is 5.97 Å². The van der Waals surface area contributed by atoms with Crippen LogP contribution in [-0.4, -0.2) is 25.7 Å². The Hall–Kier alpha value is -0.570. The fourth-order valence-electron chi connectivity index (χ4n) is 1.88. The van der Waals surface area contributed by atoms with Crippen molar-refractivity contribution in [3.63, 3.8) is 0 Å². The highest BCUT2D eigenvalue weighted by Gasteiger charge is 2.12. The van der Waals surface area contributed by atoms with E-state index in [1.54, 1.807) is 0 Å². The highest BCUT2D eigenvalue weighted by molar-refractivity contribution is 5.69. The first kappa shape index (κ1) is 15.4. The Morgan fingerprint density at radius 3 is 2.00 bits per heavy atom. The lowest BCUT2D eigenvalue weighted by molar-refractivity contribution is -0.140. The summed E-state index contributed by atoms with van der Waals surface area (Å²) in [5.74, 6) is 1.24. The quantitative estimate of drug-likeness (QED) is 0.650. The molecule has 0 saturated heterocycles. The number of hydrogen-bond donors (Lipinski definition) is 1. The summed E-state index contributed by atoms with van der Waals surface area (Å²) in [5.41, 5.74) is 0. The third-order valence-electron chi connectivity index (χ3n) is 2.50. The fourth-order valence-corrected chi connectivity index (χ4v) is 1.88. The van der Waals surface area contributed by atoms with Gasteiger partial charge in [0.25, 0.3) is 0 Å². The summed E-state index contributed by atoms with van der Waals surface area (Å²) in [6.45, 7) is 9.64. The molecule has 0 atom stereocenters. The van der Waals surface area contributed by atoms with Gasteiger partial charge in [0, 0.05) is 12.6 Å². The summed E-state index contributed by atoms with van der Waals surface area (Å²) >= 11 is 0. The Balaban J connectivity index is 3.86. The average Bonchev–Trinajstić information content (AvgIpc) is 2.15. The minimum absolute atomic E-state index is 0.139. The number of nitrogens with one attached hydrogen (secondary N) is 1. The van der Waals surface area contributed by atoms with Crippen LogP contribution in [0.5, 0.6) is 0 Å². The first-order valence-corrected chi connectivity index (χ1v) is 6.25. The van der Waals surface area contributed by atoms with Crippen LogP contribution in [0.1, 0.15) is 47.0 Å². The molecule has 0 aromatic rings. The lowest BCUT2D eigenvalue weighted by Crippen LogP contribution is -2.33. The van der Waals surface area contributed by atoms with Crippen molar-refractivity contribution in [3.8, 4) is 0 Å². The van der Waals surface area contributed by atoms with Crippen molar-refractivity contribution in [2.24, 2.45) is 11.8 Å². The third-order valence-corrected chi connectivity index (χ3v) is 2.50. The van der Waals surface area contributed by atoms with E-state index in [1.807, 2.05) is 0 Å². The molecule has 0 aliphatic heterocycles. The maximum absolute atomic E-state index is 11.0. The number of rotatable bonds is 8. The molecular weight excluding hydrogens is 202 g/mol. The van der Waals surface area contributed by atoms with Gasteiger partial charge in [-0.2, -0.15) is 0 Å². The second kappa shape index (κ2) is 8.57. The molecule has 0 saturated carbocycles. The van der Waals surface area contributed by atoms with E-state index in [-0.39, 0.29) is 5.97 Å². The molecule has 96 valence electrons. The first-order chi connectivity index (χ1) is 7.45. The van der Waals surface area contributed by atoms with Crippen LogP contribution in [0.2, 0.25) is 0 Å². The largest absolute Gasteiger partial charge is 0.469 e. The minimum Gasteiger partial charge on any atom is -0.469 e. The Kier molecular flexibility index (Phi) is 8.26. The number of hydrogen-bond acceptors (Lipinski definition) is 3. The summed E-state index contributed by atoms with van der Waals surface area (Å²) in [4.78, 5) is 11.0. The molecule has 0 spiro atoms. The van der Waals surface area contributed by atoms with Gasteiger partial charge in [0.15, 0.2) is 0 Å². The lowest BCUT2D eigenvalue weighted by atomic mass is 9.95. The van der Waals surface area contributed by atoms with E-state index in [4.69, 9.17) is 0 Å². The molecule has 3 nitrogen and oxygen atoms in total. The molecule has 0 radical (unpaired) electrons. The zero-order chi connectivity index (χ0) is 12.6. The number of methoxy groups -OCH3 is 1. The van der Waals surface area contributed by atoms with Crippen LogP contribution in [0.25, 0.3) is 0 Å². The van der Waals surface area contributed by atoms with E-state index in [9.17, 15) is 4.79 Å². The molecule has 0 bridgehead atoms. The van der Waals surface area contributed by atoms with E-state index in [2.05, 4.69) is 37.7 Å². The molecule has 0 heterocycles. The van der Waals surface area contributed by atoms with Gasteiger partial charge in [-0.3, -0.25) is 4.79 Å². The van der Waals surface area contributed by atoms with Crippen molar-refractivity contribution < 1.29 is 9.53 Å². The molecule has 3 heteroatoms. The minimum atomic E-state index is -0.139. The van der Waals surface area contributed by atoms with Gasteiger partial charge in [-0.05, 0) is 24.7 Å². The van der Waals surface area contributed by atoms with Gasteiger partial charge in [-0.15, -0.1) is 0 Å². The zero-order valence-electron chi connectivity index (χ0n) is 11.4. The normalized spacial score (nSPS) is 11.5. The lowest BCUT2D eigenvalue weighted by Gasteiger charge is -2.22. The van der Waals surface area contributed by atoms with Crippen molar-refractivity contribution in [1.29, 1.82) is 0 Å². The van der Waals surface area contributed by atoms with Crippen LogP contribution >= 0.6 is 0 Å². The van der Waals surface area contributed by atoms with Gasteiger partial charge in [0.05, 0.1) is 13.5 Å². The molecule has 0 aliphatic rings. The van der Waals surface area contributed by atoms with Crippen molar-refractivity contribution in [3.05, 3.63) is 0 Å². The molecule has 0 rings (SSSR count). The predicted octanol–water partition coefficient (Wildman–Crippen LogP) is 2.60. The summed E-state index contributed by atoms with van der Waals surface area (Å²) in [7, 11) is 1.43. The van der Waals surface area contributed by atoms with E-state index in [0.29, 0.717) is 24.3 Å². The maximum atomic E-state index is 11.0. The smallest absolute Gasteiger partial charge is 0.306 e. The molecular formula is C13H27NO2. The van der Waals surface area contributed by atoms with Gasteiger partial charge in [0.1, 0.15) is 0 Å². The Morgan fingerprint density at radius 2 is 1.62 bits per heavy atom. The number of ether oxygens (including phenoxy) is 1. The first-order valence-electron chi connectivity index (χ1n) is 6.25. The molecule has 1 N–H and O–H groups in total. The van der Waals surface area contributed by atoms with Gasteiger partial charge < -0.3 is 10.1 Å². The van der Waals surface area contributed by atoms with E-state index >= 15 is 0 Å².